The molecule has 5 heteroatoms. The maximum absolute atomic E-state index is 13.3. The van der Waals surface area contributed by atoms with Crippen molar-refractivity contribution in [2.45, 2.75) is 37.5 Å². The van der Waals surface area contributed by atoms with Crippen LogP contribution in [0.3, 0.4) is 0 Å². The van der Waals surface area contributed by atoms with Gasteiger partial charge in [0.15, 0.2) is 5.96 Å². The van der Waals surface area contributed by atoms with Gasteiger partial charge in [0.1, 0.15) is 5.82 Å². The van der Waals surface area contributed by atoms with Gasteiger partial charge >= 0.3 is 0 Å². The molecule has 0 saturated heterocycles. The van der Waals surface area contributed by atoms with E-state index < -0.39 is 0 Å². The number of benzene rings is 1. The minimum absolute atomic E-state index is 0. The van der Waals surface area contributed by atoms with Gasteiger partial charge in [-0.15, -0.1) is 24.0 Å². The first kappa shape index (κ1) is 16.5. The summed E-state index contributed by atoms with van der Waals surface area (Å²) in [6, 6.07) is 6.87. The molecule has 2 fully saturated rings. The van der Waals surface area contributed by atoms with Crippen molar-refractivity contribution in [1.29, 1.82) is 0 Å². The predicted molar refractivity (Wildman–Crippen MR) is 94.6 cm³/mol. The van der Waals surface area contributed by atoms with Crippen molar-refractivity contribution >= 4 is 29.9 Å². The van der Waals surface area contributed by atoms with Crippen LogP contribution in [0.5, 0.6) is 0 Å². The Balaban J connectivity index is 0.00000161. The molecule has 3 N–H and O–H groups in total. The van der Waals surface area contributed by atoms with Gasteiger partial charge in [0.25, 0.3) is 0 Å². The molecule has 1 aromatic carbocycles. The molecule has 0 radical (unpaired) electrons. The first-order chi connectivity index (χ1) is 9.68. The fraction of sp³-hybridized carbons (Fsp3) is 0.562. The maximum atomic E-state index is 13.3. The van der Waals surface area contributed by atoms with Crippen LogP contribution in [0.15, 0.2) is 29.3 Å². The van der Waals surface area contributed by atoms with E-state index >= 15 is 0 Å². The molecule has 0 bridgehead atoms. The van der Waals surface area contributed by atoms with Crippen LogP contribution in [-0.4, -0.2) is 19.0 Å². The van der Waals surface area contributed by atoms with E-state index in [1.807, 2.05) is 6.07 Å². The Kier molecular flexibility index (Phi) is 5.46. The van der Waals surface area contributed by atoms with E-state index in [0.717, 1.165) is 30.9 Å². The molecule has 0 aliphatic heterocycles. The zero-order valence-corrected chi connectivity index (χ0v) is 14.5. The third kappa shape index (κ3) is 4.08. The highest BCUT2D eigenvalue weighted by atomic mass is 127. The highest BCUT2D eigenvalue weighted by Crippen LogP contribution is 2.48. The van der Waals surface area contributed by atoms with Crippen molar-refractivity contribution in [2.75, 3.05) is 13.1 Å². The van der Waals surface area contributed by atoms with Gasteiger partial charge in [0.2, 0.25) is 0 Å². The van der Waals surface area contributed by atoms with E-state index in [9.17, 15) is 4.39 Å². The average Bonchev–Trinajstić information content (AvgIpc) is 3.16. The summed E-state index contributed by atoms with van der Waals surface area (Å²) in [7, 11) is 0. The highest BCUT2D eigenvalue weighted by molar-refractivity contribution is 14.0. The summed E-state index contributed by atoms with van der Waals surface area (Å²) in [6.07, 6.45) is 6.07. The number of nitrogens with two attached hydrogens (primary N) is 1. The molecule has 3 nitrogen and oxygen atoms in total. The fourth-order valence-electron chi connectivity index (χ4n) is 2.75. The van der Waals surface area contributed by atoms with Crippen LogP contribution >= 0.6 is 24.0 Å². The zero-order valence-electron chi connectivity index (χ0n) is 12.1. The topological polar surface area (TPSA) is 50.4 Å². The van der Waals surface area contributed by atoms with Crippen molar-refractivity contribution in [3.63, 3.8) is 0 Å². The molecule has 0 heterocycles. The van der Waals surface area contributed by atoms with Crippen LogP contribution in [0.2, 0.25) is 0 Å². The lowest BCUT2D eigenvalue weighted by molar-refractivity contribution is 0.315. The van der Waals surface area contributed by atoms with Gasteiger partial charge in [0.05, 0.1) is 6.54 Å². The number of rotatable bonds is 5. The van der Waals surface area contributed by atoms with Crippen molar-refractivity contribution < 1.29 is 4.39 Å². The minimum Gasteiger partial charge on any atom is -0.370 e. The molecule has 2 aliphatic carbocycles. The van der Waals surface area contributed by atoms with Crippen molar-refractivity contribution in [1.82, 2.24) is 5.32 Å². The predicted octanol–water partition coefficient (Wildman–Crippen LogP) is 3.18. The third-order valence-electron chi connectivity index (χ3n) is 4.64. The summed E-state index contributed by atoms with van der Waals surface area (Å²) < 4.78 is 13.3. The maximum Gasteiger partial charge on any atom is 0.188 e. The standard InChI is InChI=1S/C16H22FN3.HI/c17-14-6-2-5-13(9-14)16(7-8-16)11-20-15(18)19-10-12-3-1-4-12;/h2,5-6,9,12H,1,3-4,7-8,10-11H2,(H3,18,19,20);1H. The molecule has 1 aromatic rings. The Labute approximate surface area is 142 Å². The summed E-state index contributed by atoms with van der Waals surface area (Å²) in [5.41, 5.74) is 6.98. The van der Waals surface area contributed by atoms with Gasteiger partial charge in [-0.05, 0) is 49.3 Å². The van der Waals surface area contributed by atoms with E-state index in [4.69, 9.17) is 5.73 Å². The third-order valence-corrected chi connectivity index (χ3v) is 4.64. The number of hydrogen-bond donors (Lipinski definition) is 2. The normalized spacial score (nSPS) is 20.3. The number of halogens is 2. The smallest absolute Gasteiger partial charge is 0.188 e. The van der Waals surface area contributed by atoms with Crippen LogP contribution in [0.4, 0.5) is 4.39 Å². The Hall–Kier alpha value is -0.850. The Bertz CT molecular complexity index is 510. The lowest BCUT2D eigenvalue weighted by atomic mass is 9.85. The molecule has 0 amide bonds. The van der Waals surface area contributed by atoms with E-state index in [1.165, 1.54) is 25.3 Å². The summed E-state index contributed by atoms with van der Waals surface area (Å²) in [4.78, 5) is 4.46. The van der Waals surface area contributed by atoms with Crippen LogP contribution in [0, 0.1) is 11.7 Å². The number of guanidine groups is 1. The summed E-state index contributed by atoms with van der Waals surface area (Å²) in [5, 5.41) is 3.20. The molecule has 2 aliphatic rings. The lowest BCUT2D eigenvalue weighted by Crippen LogP contribution is -2.37. The van der Waals surface area contributed by atoms with E-state index in [1.54, 1.807) is 12.1 Å². The molecule has 0 unspecified atom stereocenters. The second kappa shape index (κ2) is 6.94. The quantitative estimate of drug-likeness (QED) is 0.451. The zero-order chi connectivity index (χ0) is 14.0. The SMILES string of the molecule is I.NC(=NCC1(c2cccc(F)c2)CC1)NCC1CCC1. The number of nitrogens with one attached hydrogen (secondary N) is 1. The molecule has 116 valence electrons. The van der Waals surface area contributed by atoms with Crippen LogP contribution in [-0.2, 0) is 5.41 Å². The van der Waals surface area contributed by atoms with Crippen molar-refractivity contribution in [3.8, 4) is 0 Å². The molecule has 0 spiro atoms. The lowest BCUT2D eigenvalue weighted by Gasteiger charge is -2.25. The summed E-state index contributed by atoms with van der Waals surface area (Å²) >= 11 is 0. The fourth-order valence-corrected chi connectivity index (χ4v) is 2.75. The van der Waals surface area contributed by atoms with Crippen LogP contribution in [0.25, 0.3) is 0 Å². The van der Waals surface area contributed by atoms with Crippen LogP contribution < -0.4 is 11.1 Å². The molecular weight excluding hydrogens is 380 g/mol. The Morgan fingerprint density at radius 3 is 2.71 bits per heavy atom. The number of nitrogens with zero attached hydrogens (tertiary/aromatic N) is 1. The first-order valence-electron chi connectivity index (χ1n) is 7.48. The minimum atomic E-state index is -0.172. The molecule has 21 heavy (non-hydrogen) atoms. The van der Waals surface area contributed by atoms with E-state index in [2.05, 4.69) is 10.3 Å². The molecule has 2 saturated carbocycles. The Morgan fingerprint density at radius 2 is 2.14 bits per heavy atom. The average molecular weight is 403 g/mol. The van der Waals surface area contributed by atoms with E-state index in [-0.39, 0.29) is 35.2 Å². The van der Waals surface area contributed by atoms with Crippen LogP contribution in [0.1, 0.15) is 37.7 Å². The summed E-state index contributed by atoms with van der Waals surface area (Å²) in [6.45, 7) is 1.59. The highest BCUT2D eigenvalue weighted by Gasteiger charge is 2.44. The first-order valence-corrected chi connectivity index (χ1v) is 7.48. The molecular formula is C16H23FIN3. The monoisotopic (exact) mass is 403 g/mol. The second-order valence-corrected chi connectivity index (χ2v) is 6.17. The van der Waals surface area contributed by atoms with Gasteiger partial charge in [-0.2, -0.15) is 0 Å². The van der Waals surface area contributed by atoms with Gasteiger partial charge in [-0.3, -0.25) is 4.99 Å². The van der Waals surface area contributed by atoms with Crippen molar-refractivity contribution in [3.05, 3.63) is 35.6 Å². The van der Waals surface area contributed by atoms with Gasteiger partial charge in [0, 0.05) is 12.0 Å². The summed E-state index contributed by atoms with van der Waals surface area (Å²) in [5.74, 6) is 1.12. The van der Waals surface area contributed by atoms with Gasteiger partial charge in [-0.25, -0.2) is 4.39 Å². The number of aliphatic imine (C=N–C) groups is 1. The van der Waals surface area contributed by atoms with Crippen molar-refractivity contribution in [2.24, 2.45) is 16.6 Å². The molecule has 0 atom stereocenters. The van der Waals surface area contributed by atoms with Gasteiger partial charge in [-0.1, -0.05) is 18.6 Å². The Morgan fingerprint density at radius 1 is 1.38 bits per heavy atom. The molecule has 0 aromatic heterocycles. The van der Waals surface area contributed by atoms with E-state index in [0.29, 0.717) is 12.5 Å². The second-order valence-electron chi connectivity index (χ2n) is 6.17. The molecule has 3 rings (SSSR count). The van der Waals surface area contributed by atoms with Gasteiger partial charge < -0.3 is 11.1 Å². The largest absolute Gasteiger partial charge is 0.370 e. The number of hydrogen-bond acceptors (Lipinski definition) is 1.